The third-order valence-electron chi connectivity index (χ3n) is 27.3. The number of nitrogens with zero attached hydrogens (tertiary/aromatic N) is 6. The molecule has 768 valence electrons. The summed E-state index contributed by atoms with van der Waals surface area (Å²) in [5.74, 6) is 0. The lowest BCUT2D eigenvalue weighted by atomic mass is 10.0. The van der Waals surface area contributed by atoms with Gasteiger partial charge in [0.05, 0.1) is 33.1 Å². The smallest absolute Gasteiger partial charge is 0.0547 e. The molecule has 18 aromatic carbocycles. The zero-order chi connectivity index (χ0) is 108. The third-order valence-corrected chi connectivity index (χ3v) is 31.1. The van der Waals surface area contributed by atoms with Crippen LogP contribution in [0.25, 0.3) is 242 Å². The largest absolute Gasteiger partial charge is 0.344 e. The number of hydrogen-bond acceptors (Lipinski definition) is 3. The highest BCUT2D eigenvalue weighted by Crippen LogP contribution is 2.48. The van der Waals surface area contributed by atoms with Crippen LogP contribution in [-0.4, -0.2) is 27.4 Å². The maximum atomic E-state index is 2.48. The number of para-hydroxylation sites is 6. The van der Waals surface area contributed by atoms with Crippen molar-refractivity contribution in [2.24, 2.45) is 21.1 Å². The summed E-state index contributed by atoms with van der Waals surface area (Å²) in [6.45, 7) is 54.8. The molecule has 0 radical (unpaired) electrons. The van der Waals surface area contributed by atoms with Gasteiger partial charge in [-0.25, -0.2) is 0 Å². The van der Waals surface area contributed by atoms with E-state index >= 15 is 0 Å². The van der Waals surface area contributed by atoms with Gasteiger partial charge in [0, 0.05) is 196 Å². The number of thiophene rings is 3. The Morgan fingerprint density at radius 1 is 0.153 bits per heavy atom. The second-order valence-corrected chi connectivity index (χ2v) is 37.1. The lowest BCUT2D eigenvalue weighted by Gasteiger charge is -2.12. The van der Waals surface area contributed by atoms with E-state index in [9.17, 15) is 0 Å². The molecular weight excluding hydrogens is 1870 g/mol. The molecule has 0 atom stereocenters. The molecule has 6 nitrogen and oxygen atoms in total. The van der Waals surface area contributed by atoms with Crippen LogP contribution in [0.15, 0.2) is 364 Å². The number of hydrogen-bond donors (Lipinski definition) is 0. The van der Waals surface area contributed by atoms with Crippen LogP contribution in [0.3, 0.4) is 0 Å². The van der Waals surface area contributed by atoms with E-state index < -0.39 is 0 Å². The van der Waals surface area contributed by atoms with Crippen molar-refractivity contribution in [2.75, 3.05) is 0 Å². The molecule has 9 heteroatoms. The van der Waals surface area contributed by atoms with Crippen LogP contribution in [0.2, 0.25) is 0 Å². The molecule has 0 aliphatic rings. The maximum absolute atomic E-state index is 2.48. The van der Waals surface area contributed by atoms with Gasteiger partial charge < -0.3 is 27.4 Å². The van der Waals surface area contributed by atoms with Gasteiger partial charge >= 0.3 is 0 Å². The molecule has 27 aromatic rings. The Kier molecular flexibility index (Phi) is 39.4. The predicted molar refractivity (Wildman–Crippen MR) is 684 cm³/mol. The summed E-state index contributed by atoms with van der Waals surface area (Å²) in [6, 6.07) is 135. The Hall–Kier alpha value is -14.6. The molecule has 0 spiro atoms. The highest BCUT2D eigenvalue weighted by molar-refractivity contribution is 7.27. The standard InChI is InChI=1S/3C39H28N2S.12C2H6/c1-3-24-20-27(23-33-31-12-6-9-15-38(31)42-39(24)33)41-36-14-8-5-10-28(36)30-18-16-26(22-37(30)41)25-17-19-35-32(21-25)29-11-4-7-13-34(29)40(35)2;1-3-24-20-27(23-33-32-12-6-9-15-38(32)42-39(24)33)41-35-14-8-5-11-29(35)31-19-17-26(22-37(31)41)25-16-18-30-28-10-4-7-13-34(28)40(2)36(30)21-25;1-3-24-20-27(23-33-30-12-6-9-15-38(30)42-39(24)33)41-36-14-8-5-11-29(36)32-22-26(17-19-37(32)41)25-16-18-35-31(21-25)28-10-4-7-13-34(28)40(35)2;12*1-2/h3*4-23H,3H2,1-2H3;12*1-2H3. The van der Waals surface area contributed by atoms with Gasteiger partial charge in [0.2, 0.25) is 0 Å². The van der Waals surface area contributed by atoms with Crippen LogP contribution in [0.4, 0.5) is 0 Å². The summed E-state index contributed by atoms with van der Waals surface area (Å²) in [5, 5.41) is 23.6. The van der Waals surface area contributed by atoms with Crippen LogP contribution < -0.4 is 0 Å². The van der Waals surface area contributed by atoms with E-state index in [-0.39, 0.29) is 0 Å². The van der Waals surface area contributed by atoms with Gasteiger partial charge in [-0.3, -0.25) is 0 Å². The number of aromatic nitrogens is 6. The Morgan fingerprint density at radius 3 is 0.640 bits per heavy atom. The molecule has 0 aliphatic carbocycles. The Balaban J connectivity index is 0.000000170. The number of rotatable bonds is 9. The van der Waals surface area contributed by atoms with E-state index in [0.29, 0.717) is 0 Å². The van der Waals surface area contributed by atoms with Crippen molar-refractivity contribution in [3.63, 3.8) is 0 Å². The second kappa shape index (κ2) is 52.5. The molecule has 9 heterocycles. The van der Waals surface area contributed by atoms with Gasteiger partial charge in [0.15, 0.2) is 0 Å². The van der Waals surface area contributed by atoms with Crippen molar-refractivity contribution >= 4 is 225 Å². The highest BCUT2D eigenvalue weighted by Gasteiger charge is 2.24. The molecule has 0 amide bonds. The first-order chi connectivity index (χ1) is 74.1. The van der Waals surface area contributed by atoms with Gasteiger partial charge in [0.25, 0.3) is 0 Å². The maximum Gasteiger partial charge on any atom is 0.0547 e. The first-order valence-electron chi connectivity index (χ1n) is 55.9. The Morgan fingerprint density at radius 2 is 0.340 bits per heavy atom. The van der Waals surface area contributed by atoms with Crippen molar-refractivity contribution in [1.29, 1.82) is 0 Å². The van der Waals surface area contributed by atoms with E-state index in [1.54, 1.807) is 0 Å². The Bertz CT molecular complexity index is 9240. The molecule has 0 N–H and O–H groups in total. The van der Waals surface area contributed by atoms with Crippen molar-refractivity contribution in [2.45, 2.75) is 206 Å². The fraction of sp³-hybridized carbons (Fsp3) is 0.234. The highest BCUT2D eigenvalue weighted by atomic mass is 32.1. The lowest BCUT2D eigenvalue weighted by Crippen LogP contribution is -1.96. The summed E-state index contributed by atoms with van der Waals surface area (Å²) in [4.78, 5) is 0. The normalized spacial score (nSPS) is 10.7. The minimum atomic E-state index is 1.00. The van der Waals surface area contributed by atoms with E-state index in [1.165, 1.54) is 258 Å². The lowest BCUT2D eigenvalue weighted by molar-refractivity contribution is 1.01. The fourth-order valence-corrected chi connectivity index (χ4v) is 24.9. The van der Waals surface area contributed by atoms with Gasteiger partial charge in [-0.2, -0.15) is 0 Å². The first-order valence-corrected chi connectivity index (χ1v) is 58.4. The summed E-state index contributed by atoms with van der Waals surface area (Å²) < 4.78 is 22.6. The zero-order valence-corrected chi connectivity index (χ0v) is 97.1. The summed E-state index contributed by atoms with van der Waals surface area (Å²) in [6.07, 6.45) is 3.02. The summed E-state index contributed by atoms with van der Waals surface area (Å²) >= 11 is 5.75. The minimum Gasteiger partial charge on any atom is -0.344 e. The van der Waals surface area contributed by atoms with Crippen LogP contribution in [0.5, 0.6) is 0 Å². The molecule has 0 unspecified atom stereocenters. The van der Waals surface area contributed by atoms with Gasteiger partial charge in [-0.1, -0.05) is 405 Å². The van der Waals surface area contributed by atoms with Crippen molar-refractivity contribution in [3.8, 4) is 50.4 Å². The van der Waals surface area contributed by atoms with Crippen LogP contribution in [0, 0.1) is 0 Å². The van der Waals surface area contributed by atoms with E-state index in [0.717, 1.165) is 19.3 Å². The average Bonchev–Trinajstić information content (AvgIpc) is 1.58. The average molecular weight is 2030 g/mol. The van der Waals surface area contributed by atoms with Crippen LogP contribution in [-0.2, 0) is 40.4 Å². The predicted octanol–water partition coefficient (Wildman–Crippen LogP) is 45.4. The third kappa shape index (κ3) is 20.7. The van der Waals surface area contributed by atoms with Gasteiger partial charge in [-0.15, -0.1) is 34.0 Å². The topological polar surface area (TPSA) is 29.6 Å². The summed E-state index contributed by atoms with van der Waals surface area (Å²) in [7, 11) is 6.49. The monoisotopic (exact) mass is 2030 g/mol. The van der Waals surface area contributed by atoms with Crippen molar-refractivity contribution in [1.82, 2.24) is 27.4 Å². The molecule has 9 aromatic heterocycles. The minimum absolute atomic E-state index is 1.00. The fourth-order valence-electron chi connectivity index (χ4n) is 21.1. The number of aryl methyl sites for hydroxylation is 6. The zero-order valence-electron chi connectivity index (χ0n) is 94.7. The van der Waals surface area contributed by atoms with E-state index in [4.69, 9.17) is 0 Å². The second-order valence-electron chi connectivity index (χ2n) is 34.0. The number of fused-ring (bicyclic) bond motifs is 27. The SMILES string of the molecule is CC.CC.CC.CC.CC.CC.CC.CC.CC.CC.CC.CC.CCc1cc(-n2c3ccccc3c3cc(-c4ccc5c(c4)c4ccccc4n5C)ccc32)cc2c1sc1ccccc12.CCc1cc(-n2c3ccccc3c3ccc(-c4ccc5c(c4)c4ccccc4n5C)cc32)cc2c1sc1ccccc12.CCc1cc(-n2c3ccccc3c3ccc(-c4ccc5c6ccccc6n(C)c5c4)cc32)cc2c1sc1ccccc12. The van der Waals surface area contributed by atoms with Crippen LogP contribution in [0.1, 0.15) is 204 Å². The Labute approximate surface area is 904 Å². The van der Waals surface area contributed by atoms with Crippen molar-refractivity contribution < 1.29 is 0 Å². The summed E-state index contributed by atoms with van der Waals surface area (Å²) in [5.41, 5.74) is 30.4. The molecule has 150 heavy (non-hydrogen) atoms. The van der Waals surface area contributed by atoms with Gasteiger partial charge in [0.1, 0.15) is 0 Å². The van der Waals surface area contributed by atoms with E-state index in [1.807, 2.05) is 200 Å². The molecule has 0 saturated heterocycles. The van der Waals surface area contributed by atoms with Crippen molar-refractivity contribution in [3.05, 3.63) is 381 Å². The quantitative estimate of drug-likeness (QED) is 0.138. The van der Waals surface area contributed by atoms with Crippen LogP contribution >= 0.6 is 34.0 Å². The van der Waals surface area contributed by atoms with Gasteiger partial charge in [-0.05, 0) is 215 Å². The molecular formula is C141H156N6S3. The molecule has 0 bridgehead atoms. The molecule has 0 fully saturated rings. The number of benzene rings is 18. The molecule has 0 aliphatic heterocycles. The first kappa shape index (κ1) is 113. The molecule has 27 rings (SSSR count). The van der Waals surface area contributed by atoms with E-state index in [2.05, 4.69) is 433 Å². The molecule has 0 saturated carbocycles.